The predicted octanol–water partition coefficient (Wildman–Crippen LogP) is 3.57. The van der Waals surface area contributed by atoms with Crippen molar-refractivity contribution in [2.75, 3.05) is 7.11 Å². The molecule has 0 atom stereocenters. The molecule has 2 rings (SSSR count). The topological polar surface area (TPSA) is 44.1 Å². The molecule has 0 spiro atoms. The largest absolute Gasteiger partial charge is 0.464 e. The summed E-state index contributed by atoms with van der Waals surface area (Å²) in [5.74, 6) is -0.900. The molecule has 20 heavy (non-hydrogen) atoms. The van der Waals surface area contributed by atoms with E-state index in [0.717, 1.165) is 0 Å². The average Bonchev–Trinajstić information content (AvgIpc) is 2.76. The van der Waals surface area contributed by atoms with Crippen LogP contribution < -0.4 is 0 Å². The maximum absolute atomic E-state index is 13.0. The molecule has 0 saturated carbocycles. The van der Waals surface area contributed by atoms with Crippen LogP contribution in [-0.2, 0) is 4.74 Å². The van der Waals surface area contributed by atoms with Crippen molar-refractivity contribution in [1.82, 2.24) is 9.78 Å². The highest BCUT2D eigenvalue weighted by atomic mass is 35.5. The van der Waals surface area contributed by atoms with Crippen molar-refractivity contribution in [3.05, 3.63) is 46.5 Å². The lowest BCUT2D eigenvalue weighted by Crippen LogP contribution is -2.06. The summed E-state index contributed by atoms with van der Waals surface area (Å²) in [4.78, 5) is 11.7. The highest BCUT2D eigenvalue weighted by Gasteiger charge is 2.24. The Bertz CT molecular complexity index is 635. The van der Waals surface area contributed by atoms with Gasteiger partial charge in [-0.2, -0.15) is 5.10 Å². The molecule has 0 aliphatic rings. The molecule has 1 aromatic carbocycles. The number of carbonyl (C=O) groups excluding carboxylic acids is 1. The van der Waals surface area contributed by atoms with E-state index in [1.807, 2.05) is 13.8 Å². The fourth-order valence-electron chi connectivity index (χ4n) is 1.92. The molecule has 0 unspecified atom stereocenters. The first-order valence-electron chi connectivity index (χ1n) is 6.08. The van der Waals surface area contributed by atoms with E-state index in [9.17, 15) is 9.18 Å². The van der Waals surface area contributed by atoms with Crippen LogP contribution in [0.15, 0.2) is 24.3 Å². The molecule has 1 heterocycles. The first kappa shape index (κ1) is 14.5. The van der Waals surface area contributed by atoms with Crippen molar-refractivity contribution >= 4 is 17.6 Å². The zero-order valence-corrected chi connectivity index (χ0v) is 12.1. The molecular formula is C14H14ClFN2O2. The molecule has 0 aliphatic heterocycles. The van der Waals surface area contributed by atoms with Crippen LogP contribution >= 0.6 is 11.6 Å². The number of aromatic nitrogens is 2. The van der Waals surface area contributed by atoms with Gasteiger partial charge in [-0.3, -0.25) is 0 Å². The van der Waals surface area contributed by atoms with Crippen LogP contribution in [0.3, 0.4) is 0 Å². The number of esters is 1. The van der Waals surface area contributed by atoms with E-state index in [2.05, 4.69) is 9.84 Å². The molecule has 0 N–H and O–H groups in total. The average molecular weight is 297 g/mol. The highest BCUT2D eigenvalue weighted by molar-refractivity contribution is 6.34. The van der Waals surface area contributed by atoms with Gasteiger partial charge < -0.3 is 4.74 Å². The second kappa shape index (κ2) is 5.63. The molecule has 0 bridgehead atoms. The first-order chi connectivity index (χ1) is 9.45. The van der Waals surface area contributed by atoms with Crippen LogP contribution in [0.1, 0.15) is 35.9 Å². The number of hydrogen-bond acceptors (Lipinski definition) is 3. The summed E-state index contributed by atoms with van der Waals surface area (Å²) in [5, 5.41) is 4.45. The predicted molar refractivity (Wildman–Crippen MR) is 74.0 cm³/mol. The lowest BCUT2D eigenvalue weighted by molar-refractivity contribution is 0.0593. The lowest BCUT2D eigenvalue weighted by Gasteiger charge is -2.10. The summed E-state index contributed by atoms with van der Waals surface area (Å²) < 4.78 is 19.2. The fourth-order valence-corrected chi connectivity index (χ4v) is 2.33. The van der Waals surface area contributed by atoms with Gasteiger partial charge in [0.15, 0.2) is 5.69 Å². The van der Waals surface area contributed by atoms with Crippen LogP contribution in [0.2, 0.25) is 5.02 Å². The van der Waals surface area contributed by atoms with Crippen molar-refractivity contribution in [3.63, 3.8) is 0 Å². The van der Waals surface area contributed by atoms with Gasteiger partial charge in [-0.1, -0.05) is 25.4 Å². The molecule has 0 saturated heterocycles. The number of ether oxygens (including phenoxy) is 1. The molecule has 0 aliphatic carbocycles. The number of carbonyl (C=O) groups is 1. The molecular weight excluding hydrogens is 283 g/mol. The van der Waals surface area contributed by atoms with Crippen molar-refractivity contribution in [2.24, 2.45) is 0 Å². The summed E-state index contributed by atoms with van der Waals surface area (Å²) in [6, 6.07) is 5.80. The monoisotopic (exact) mass is 296 g/mol. The van der Waals surface area contributed by atoms with Crippen LogP contribution in [0.4, 0.5) is 4.39 Å². The van der Waals surface area contributed by atoms with Crippen molar-refractivity contribution in [3.8, 4) is 5.69 Å². The summed E-state index contributed by atoms with van der Waals surface area (Å²) in [7, 11) is 1.27. The van der Waals surface area contributed by atoms with Crippen LogP contribution in [0.25, 0.3) is 5.69 Å². The summed E-state index contributed by atoms with van der Waals surface area (Å²) in [6.45, 7) is 3.87. The standard InChI is InChI=1S/C14H14ClFN2O2/c1-8(2)13-11(15)12(14(19)20-3)17-18(13)10-6-4-9(16)5-7-10/h4-8H,1-3H3. The lowest BCUT2D eigenvalue weighted by atomic mass is 10.1. The van der Waals surface area contributed by atoms with Gasteiger partial charge >= 0.3 is 5.97 Å². The second-order valence-electron chi connectivity index (χ2n) is 4.58. The number of halogens is 2. The van der Waals surface area contributed by atoms with Gasteiger partial charge in [0.2, 0.25) is 0 Å². The Morgan fingerprint density at radius 3 is 2.45 bits per heavy atom. The third-order valence-electron chi connectivity index (χ3n) is 2.86. The Hall–Kier alpha value is -1.88. The fraction of sp³-hybridized carbons (Fsp3) is 0.286. The summed E-state index contributed by atoms with van der Waals surface area (Å²) in [6.07, 6.45) is 0. The van der Waals surface area contributed by atoms with Crippen LogP contribution in [0.5, 0.6) is 0 Å². The Balaban J connectivity index is 2.62. The number of methoxy groups -OCH3 is 1. The number of rotatable bonds is 3. The molecule has 0 fully saturated rings. The molecule has 1 aromatic heterocycles. The molecule has 106 valence electrons. The molecule has 6 heteroatoms. The quantitative estimate of drug-likeness (QED) is 0.813. The second-order valence-corrected chi connectivity index (χ2v) is 4.96. The van der Waals surface area contributed by atoms with E-state index < -0.39 is 5.97 Å². The van der Waals surface area contributed by atoms with Gasteiger partial charge in [-0.05, 0) is 30.2 Å². The Labute approximate surface area is 121 Å². The van der Waals surface area contributed by atoms with E-state index in [1.165, 1.54) is 19.2 Å². The van der Waals surface area contributed by atoms with Gasteiger partial charge in [-0.15, -0.1) is 0 Å². The first-order valence-corrected chi connectivity index (χ1v) is 6.46. The van der Waals surface area contributed by atoms with E-state index in [0.29, 0.717) is 11.4 Å². The highest BCUT2D eigenvalue weighted by Crippen LogP contribution is 2.30. The number of benzene rings is 1. The van der Waals surface area contributed by atoms with Crippen molar-refractivity contribution in [2.45, 2.75) is 19.8 Å². The maximum Gasteiger partial charge on any atom is 0.360 e. The summed E-state index contributed by atoms with van der Waals surface area (Å²) >= 11 is 6.22. The van der Waals surface area contributed by atoms with Gasteiger partial charge in [0.25, 0.3) is 0 Å². The SMILES string of the molecule is COC(=O)c1nn(-c2ccc(F)cc2)c(C(C)C)c1Cl. The van der Waals surface area contributed by atoms with E-state index >= 15 is 0 Å². The zero-order valence-electron chi connectivity index (χ0n) is 11.4. The van der Waals surface area contributed by atoms with E-state index in [1.54, 1.807) is 16.8 Å². The number of hydrogen-bond donors (Lipinski definition) is 0. The van der Waals surface area contributed by atoms with Crippen LogP contribution in [0, 0.1) is 5.82 Å². The minimum Gasteiger partial charge on any atom is -0.464 e. The third-order valence-corrected chi connectivity index (χ3v) is 3.23. The third kappa shape index (κ3) is 2.54. The van der Waals surface area contributed by atoms with Crippen LogP contribution in [-0.4, -0.2) is 22.9 Å². The van der Waals surface area contributed by atoms with Gasteiger partial charge in [0, 0.05) is 0 Å². The normalized spacial score (nSPS) is 10.9. The molecule has 2 aromatic rings. The Morgan fingerprint density at radius 2 is 1.95 bits per heavy atom. The Morgan fingerprint density at radius 1 is 1.35 bits per heavy atom. The van der Waals surface area contributed by atoms with Gasteiger partial charge in [-0.25, -0.2) is 13.9 Å². The minimum atomic E-state index is -0.599. The molecule has 0 amide bonds. The Kier molecular flexibility index (Phi) is 4.09. The summed E-state index contributed by atoms with van der Waals surface area (Å²) in [5.41, 5.74) is 1.37. The maximum atomic E-state index is 13.0. The van der Waals surface area contributed by atoms with Gasteiger partial charge in [0.05, 0.1) is 23.5 Å². The minimum absolute atomic E-state index is 0.0402. The molecule has 0 radical (unpaired) electrons. The van der Waals surface area contributed by atoms with Crippen molar-refractivity contribution < 1.29 is 13.9 Å². The van der Waals surface area contributed by atoms with Gasteiger partial charge in [0.1, 0.15) is 5.82 Å². The molecule has 4 nitrogen and oxygen atoms in total. The van der Waals surface area contributed by atoms with E-state index in [-0.39, 0.29) is 22.5 Å². The number of nitrogens with zero attached hydrogens (tertiary/aromatic N) is 2. The van der Waals surface area contributed by atoms with Crippen molar-refractivity contribution in [1.29, 1.82) is 0 Å². The zero-order chi connectivity index (χ0) is 14.9. The van der Waals surface area contributed by atoms with E-state index in [4.69, 9.17) is 11.6 Å². The smallest absolute Gasteiger partial charge is 0.360 e.